The van der Waals surface area contributed by atoms with Gasteiger partial charge in [0.1, 0.15) is 5.58 Å². The van der Waals surface area contributed by atoms with Gasteiger partial charge in [0, 0.05) is 30.2 Å². The molecular formula is C19H24N2O3. The maximum atomic E-state index is 12.5. The number of benzene rings is 1. The number of hydrogen-bond acceptors (Lipinski definition) is 3. The first-order valence-electron chi connectivity index (χ1n) is 8.63. The molecule has 1 saturated heterocycles. The number of nitrogens with zero attached hydrogens (tertiary/aromatic N) is 1. The van der Waals surface area contributed by atoms with Crippen molar-refractivity contribution in [3.63, 3.8) is 0 Å². The van der Waals surface area contributed by atoms with Gasteiger partial charge in [-0.2, -0.15) is 0 Å². The smallest absolute Gasteiger partial charge is 0.336 e. The summed E-state index contributed by atoms with van der Waals surface area (Å²) >= 11 is 0. The van der Waals surface area contributed by atoms with Crippen LogP contribution in [-0.2, 0) is 0 Å². The average molecular weight is 328 g/mol. The Bertz CT molecular complexity index is 782. The van der Waals surface area contributed by atoms with E-state index in [-0.39, 0.29) is 11.7 Å². The van der Waals surface area contributed by atoms with Crippen molar-refractivity contribution >= 4 is 22.7 Å². The van der Waals surface area contributed by atoms with Crippen LogP contribution in [0.4, 0.5) is 10.5 Å². The maximum absolute atomic E-state index is 12.5. The first kappa shape index (κ1) is 16.6. The number of urea groups is 1. The van der Waals surface area contributed by atoms with Crippen molar-refractivity contribution in [2.45, 2.75) is 33.1 Å². The predicted octanol–water partition coefficient (Wildman–Crippen LogP) is 4.08. The monoisotopic (exact) mass is 328 g/mol. The minimum atomic E-state index is -0.372. The minimum absolute atomic E-state index is 0.0591. The van der Waals surface area contributed by atoms with Gasteiger partial charge in [-0.05, 0) is 55.4 Å². The fourth-order valence-corrected chi connectivity index (χ4v) is 3.34. The molecule has 1 aliphatic rings. The Labute approximate surface area is 141 Å². The lowest BCUT2D eigenvalue weighted by molar-refractivity contribution is 0.212. The molecular weight excluding hydrogens is 304 g/mol. The number of carbonyl (C=O) groups excluding carboxylic acids is 1. The van der Waals surface area contributed by atoms with E-state index in [2.05, 4.69) is 19.2 Å². The molecule has 1 fully saturated rings. The predicted molar refractivity (Wildman–Crippen MR) is 95.3 cm³/mol. The molecule has 0 saturated carbocycles. The number of carbonyl (C=O) groups is 1. The van der Waals surface area contributed by atoms with Crippen molar-refractivity contribution in [3.8, 4) is 0 Å². The first-order valence-corrected chi connectivity index (χ1v) is 8.63. The molecule has 5 nitrogen and oxygen atoms in total. The van der Waals surface area contributed by atoms with Crippen LogP contribution in [0.1, 0.15) is 33.1 Å². The lowest BCUT2D eigenvalue weighted by atomic mass is 9.89. The molecule has 1 aromatic carbocycles. The van der Waals surface area contributed by atoms with E-state index in [1.165, 1.54) is 12.5 Å². The number of likely N-dealkylation sites (tertiary alicyclic amines) is 1. The van der Waals surface area contributed by atoms with Crippen molar-refractivity contribution in [1.29, 1.82) is 0 Å². The van der Waals surface area contributed by atoms with Gasteiger partial charge in [0.15, 0.2) is 0 Å². The summed E-state index contributed by atoms with van der Waals surface area (Å²) in [5.74, 6) is 1.37. The van der Waals surface area contributed by atoms with Gasteiger partial charge in [0.05, 0.1) is 0 Å². The molecule has 3 rings (SSSR count). The van der Waals surface area contributed by atoms with E-state index in [0.29, 0.717) is 23.1 Å². The zero-order valence-electron chi connectivity index (χ0n) is 14.2. The highest BCUT2D eigenvalue weighted by Crippen LogP contribution is 2.25. The number of nitrogens with one attached hydrogen (secondary N) is 1. The average Bonchev–Trinajstić information content (AvgIpc) is 2.81. The van der Waals surface area contributed by atoms with Crippen LogP contribution < -0.4 is 10.9 Å². The molecule has 1 N–H and O–H groups in total. The highest BCUT2D eigenvalue weighted by Gasteiger charge is 2.22. The van der Waals surface area contributed by atoms with Gasteiger partial charge in [-0.25, -0.2) is 9.59 Å². The van der Waals surface area contributed by atoms with Crippen molar-refractivity contribution < 1.29 is 9.21 Å². The zero-order chi connectivity index (χ0) is 17.1. The second kappa shape index (κ2) is 7.07. The second-order valence-corrected chi connectivity index (χ2v) is 6.86. The summed E-state index contributed by atoms with van der Waals surface area (Å²) in [4.78, 5) is 25.6. The molecule has 2 aromatic rings. The summed E-state index contributed by atoms with van der Waals surface area (Å²) in [6, 6.07) is 8.33. The topological polar surface area (TPSA) is 62.6 Å². The van der Waals surface area contributed by atoms with Gasteiger partial charge >= 0.3 is 11.7 Å². The number of anilines is 1. The second-order valence-electron chi connectivity index (χ2n) is 6.86. The van der Waals surface area contributed by atoms with E-state index in [9.17, 15) is 9.59 Å². The standard InChI is InChI=1S/C19H24N2O3/c1-13(2)14-4-3-10-21(11-9-14)19(23)20-16-6-7-17-15(12-16)5-8-18(22)24-17/h5-8,12-14H,3-4,9-11H2,1-2H3,(H,20,23). The van der Waals surface area contributed by atoms with Crippen molar-refractivity contribution in [2.75, 3.05) is 18.4 Å². The van der Waals surface area contributed by atoms with E-state index in [4.69, 9.17) is 4.42 Å². The van der Waals surface area contributed by atoms with Crippen LogP contribution in [0.25, 0.3) is 11.0 Å². The van der Waals surface area contributed by atoms with E-state index in [1.54, 1.807) is 18.2 Å². The third-order valence-electron chi connectivity index (χ3n) is 4.87. The largest absolute Gasteiger partial charge is 0.423 e. The van der Waals surface area contributed by atoms with Gasteiger partial charge in [-0.3, -0.25) is 0 Å². The minimum Gasteiger partial charge on any atom is -0.423 e. The molecule has 2 heterocycles. The Kier molecular flexibility index (Phi) is 4.88. The molecule has 1 unspecified atom stereocenters. The molecule has 0 bridgehead atoms. The normalized spacial score (nSPS) is 18.6. The Morgan fingerprint density at radius 3 is 2.83 bits per heavy atom. The lowest BCUT2D eigenvalue weighted by Gasteiger charge is -2.22. The first-order chi connectivity index (χ1) is 11.5. The number of amides is 2. The van der Waals surface area contributed by atoms with Crippen LogP contribution in [0.2, 0.25) is 0 Å². The fraction of sp³-hybridized carbons (Fsp3) is 0.474. The SMILES string of the molecule is CC(C)C1CCCN(C(=O)Nc2ccc3oc(=O)ccc3c2)CC1. The Morgan fingerprint density at radius 2 is 2.04 bits per heavy atom. The van der Waals surface area contributed by atoms with Crippen molar-refractivity contribution in [3.05, 3.63) is 40.8 Å². The summed E-state index contributed by atoms with van der Waals surface area (Å²) in [6.07, 6.45) is 3.31. The Hall–Kier alpha value is -2.30. The number of hydrogen-bond donors (Lipinski definition) is 1. The molecule has 1 aromatic heterocycles. The lowest BCUT2D eigenvalue weighted by Crippen LogP contribution is -2.35. The molecule has 2 amide bonds. The highest BCUT2D eigenvalue weighted by molar-refractivity contribution is 5.92. The fourth-order valence-electron chi connectivity index (χ4n) is 3.34. The van der Waals surface area contributed by atoms with Crippen LogP contribution in [0, 0.1) is 11.8 Å². The highest BCUT2D eigenvalue weighted by atomic mass is 16.4. The quantitative estimate of drug-likeness (QED) is 0.845. The molecule has 1 aliphatic heterocycles. The number of rotatable bonds is 2. The molecule has 0 radical (unpaired) electrons. The maximum Gasteiger partial charge on any atom is 0.336 e. The van der Waals surface area contributed by atoms with Gasteiger partial charge < -0.3 is 14.6 Å². The summed E-state index contributed by atoms with van der Waals surface area (Å²) in [6.45, 7) is 6.12. The molecule has 1 atom stereocenters. The van der Waals surface area contributed by atoms with E-state index < -0.39 is 0 Å². The third kappa shape index (κ3) is 3.78. The van der Waals surface area contributed by atoms with Gasteiger partial charge in [-0.1, -0.05) is 13.8 Å². The van der Waals surface area contributed by atoms with E-state index in [0.717, 1.165) is 31.3 Å². The van der Waals surface area contributed by atoms with Gasteiger partial charge in [0.2, 0.25) is 0 Å². The van der Waals surface area contributed by atoms with Crippen LogP contribution in [0.5, 0.6) is 0 Å². The Balaban J connectivity index is 1.68. The summed E-state index contributed by atoms with van der Waals surface area (Å²) in [7, 11) is 0. The van der Waals surface area contributed by atoms with Gasteiger partial charge in [0.25, 0.3) is 0 Å². The summed E-state index contributed by atoms with van der Waals surface area (Å²) in [5, 5.41) is 3.75. The van der Waals surface area contributed by atoms with Crippen molar-refractivity contribution in [1.82, 2.24) is 4.90 Å². The molecule has 5 heteroatoms. The van der Waals surface area contributed by atoms with E-state index >= 15 is 0 Å². The van der Waals surface area contributed by atoms with Crippen LogP contribution in [0.3, 0.4) is 0 Å². The number of fused-ring (bicyclic) bond motifs is 1. The van der Waals surface area contributed by atoms with E-state index in [1.807, 2.05) is 11.0 Å². The molecule has 0 spiro atoms. The van der Waals surface area contributed by atoms with Crippen LogP contribution in [0.15, 0.2) is 39.5 Å². The van der Waals surface area contributed by atoms with Crippen LogP contribution in [-0.4, -0.2) is 24.0 Å². The summed E-state index contributed by atoms with van der Waals surface area (Å²) in [5.41, 5.74) is 0.865. The molecule has 0 aliphatic carbocycles. The van der Waals surface area contributed by atoms with Gasteiger partial charge in [-0.15, -0.1) is 0 Å². The summed E-state index contributed by atoms with van der Waals surface area (Å²) < 4.78 is 5.11. The molecule has 128 valence electrons. The van der Waals surface area contributed by atoms with Crippen LogP contribution >= 0.6 is 0 Å². The zero-order valence-corrected chi connectivity index (χ0v) is 14.2. The Morgan fingerprint density at radius 1 is 1.21 bits per heavy atom. The van der Waals surface area contributed by atoms with Crippen molar-refractivity contribution in [2.24, 2.45) is 11.8 Å². The third-order valence-corrected chi connectivity index (χ3v) is 4.87. The molecule has 24 heavy (non-hydrogen) atoms.